The number of carbonyl (C=O) groups excluding carboxylic acids is 1. The van der Waals surface area contributed by atoms with Crippen molar-refractivity contribution in [3.63, 3.8) is 0 Å². The van der Waals surface area contributed by atoms with E-state index in [1.165, 1.54) is 0 Å². The number of hydrogen-bond acceptors (Lipinski definition) is 4. The quantitative estimate of drug-likeness (QED) is 0.758. The zero-order valence-corrected chi connectivity index (χ0v) is 13.0. The molecule has 0 aliphatic carbocycles. The van der Waals surface area contributed by atoms with Gasteiger partial charge in [0.05, 0.1) is 6.20 Å². The van der Waals surface area contributed by atoms with Gasteiger partial charge in [-0.2, -0.15) is 0 Å². The van der Waals surface area contributed by atoms with E-state index in [9.17, 15) is 9.59 Å². The number of amides is 1. The first-order chi connectivity index (χ1) is 9.79. The van der Waals surface area contributed by atoms with Crippen LogP contribution in [0.4, 0.5) is 0 Å². The van der Waals surface area contributed by atoms with Crippen molar-refractivity contribution >= 4 is 11.9 Å². The van der Waals surface area contributed by atoms with Crippen LogP contribution < -0.4 is 5.32 Å². The number of carboxylic acids is 1. The molecule has 1 aromatic rings. The summed E-state index contributed by atoms with van der Waals surface area (Å²) in [7, 11) is 0. The zero-order chi connectivity index (χ0) is 16.0. The molecule has 21 heavy (non-hydrogen) atoms. The Balaban J connectivity index is 2.63. The molecule has 1 atom stereocenters. The summed E-state index contributed by atoms with van der Waals surface area (Å²) in [5.74, 6) is -0.829. The Labute approximate surface area is 124 Å². The fraction of sp³-hybridized carbons (Fsp3) is 0.714. The third-order valence-corrected chi connectivity index (χ3v) is 3.02. The predicted molar refractivity (Wildman–Crippen MR) is 77.8 cm³/mol. The Morgan fingerprint density at radius 1 is 1.29 bits per heavy atom. The summed E-state index contributed by atoms with van der Waals surface area (Å²) in [5.41, 5.74) is 0.147. The van der Waals surface area contributed by atoms with E-state index in [-0.39, 0.29) is 11.6 Å². The zero-order valence-electron chi connectivity index (χ0n) is 13.0. The third kappa shape index (κ3) is 5.93. The van der Waals surface area contributed by atoms with Gasteiger partial charge >= 0.3 is 5.97 Å². The van der Waals surface area contributed by atoms with E-state index in [2.05, 4.69) is 29.5 Å². The van der Waals surface area contributed by atoms with Crippen molar-refractivity contribution in [3.8, 4) is 0 Å². The number of rotatable bonds is 8. The fourth-order valence-electron chi connectivity index (χ4n) is 1.83. The predicted octanol–water partition coefficient (Wildman–Crippen LogP) is 1.55. The molecule has 0 unspecified atom stereocenters. The van der Waals surface area contributed by atoms with Crippen LogP contribution in [0.1, 0.15) is 51.0 Å². The molecule has 1 rings (SSSR count). The molecule has 0 aliphatic rings. The summed E-state index contributed by atoms with van der Waals surface area (Å²) in [6.07, 6.45) is 2.87. The molecule has 1 heterocycles. The van der Waals surface area contributed by atoms with Gasteiger partial charge in [0, 0.05) is 6.54 Å². The molecular formula is C14H24N4O3. The summed E-state index contributed by atoms with van der Waals surface area (Å²) in [4.78, 5) is 23.1. The largest absolute Gasteiger partial charge is 0.480 e. The molecule has 118 valence electrons. The number of carboxylic acid groups (broad SMARTS) is 1. The van der Waals surface area contributed by atoms with Crippen molar-refractivity contribution in [1.29, 1.82) is 0 Å². The highest BCUT2D eigenvalue weighted by atomic mass is 16.4. The van der Waals surface area contributed by atoms with E-state index in [4.69, 9.17) is 5.11 Å². The van der Waals surface area contributed by atoms with Gasteiger partial charge in [0.15, 0.2) is 5.69 Å². The van der Waals surface area contributed by atoms with Crippen molar-refractivity contribution in [3.05, 3.63) is 11.9 Å². The highest BCUT2D eigenvalue weighted by Gasteiger charge is 2.23. The summed E-state index contributed by atoms with van der Waals surface area (Å²) >= 11 is 0. The molecule has 7 heteroatoms. The maximum absolute atomic E-state index is 12.0. The molecule has 0 aliphatic heterocycles. The van der Waals surface area contributed by atoms with Gasteiger partial charge in [-0.15, -0.1) is 5.10 Å². The van der Waals surface area contributed by atoms with Crippen molar-refractivity contribution < 1.29 is 14.7 Å². The molecule has 0 saturated heterocycles. The molecule has 0 spiro atoms. The Hall–Kier alpha value is -1.92. The number of nitrogens with one attached hydrogen (secondary N) is 1. The summed E-state index contributed by atoms with van der Waals surface area (Å²) in [5, 5.41) is 19.3. The van der Waals surface area contributed by atoms with Crippen molar-refractivity contribution in [2.45, 2.75) is 53.1 Å². The van der Waals surface area contributed by atoms with Crippen molar-refractivity contribution in [1.82, 2.24) is 20.3 Å². The van der Waals surface area contributed by atoms with E-state index in [1.54, 1.807) is 10.9 Å². The standard InChI is InChI=1S/C14H24N4O3/c1-9(2)5-6-18-8-12(16-17-18)13(19)15-11(14(20)21)7-10(3)4/h8-11H,5-7H2,1-4H3,(H,15,19)(H,20,21)/t11-/m0/s1. The highest BCUT2D eigenvalue weighted by molar-refractivity contribution is 5.94. The first-order valence-electron chi connectivity index (χ1n) is 7.23. The van der Waals surface area contributed by atoms with E-state index in [0.717, 1.165) is 6.42 Å². The second-order valence-corrected chi connectivity index (χ2v) is 6.04. The summed E-state index contributed by atoms with van der Waals surface area (Å²) in [6, 6.07) is -0.904. The van der Waals surface area contributed by atoms with E-state index in [0.29, 0.717) is 18.9 Å². The van der Waals surface area contributed by atoms with Gasteiger partial charge in [-0.3, -0.25) is 9.48 Å². The van der Waals surface area contributed by atoms with Gasteiger partial charge in [0.25, 0.3) is 5.91 Å². The lowest BCUT2D eigenvalue weighted by atomic mass is 10.0. The molecule has 0 aromatic carbocycles. The number of hydrogen-bond donors (Lipinski definition) is 2. The first-order valence-corrected chi connectivity index (χ1v) is 7.23. The van der Waals surface area contributed by atoms with Crippen LogP contribution in [-0.4, -0.2) is 38.0 Å². The number of aromatic nitrogens is 3. The second-order valence-electron chi connectivity index (χ2n) is 6.04. The Kier molecular flexibility index (Phi) is 6.33. The number of nitrogens with zero attached hydrogens (tertiary/aromatic N) is 3. The van der Waals surface area contributed by atoms with E-state index >= 15 is 0 Å². The molecule has 7 nitrogen and oxygen atoms in total. The van der Waals surface area contributed by atoms with Gasteiger partial charge in [-0.05, 0) is 24.7 Å². The normalized spacial score (nSPS) is 12.7. The van der Waals surface area contributed by atoms with Crippen LogP contribution in [-0.2, 0) is 11.3 Å². The maximum Gasteiger partial charge on any atom is 0.326 e. The van der Waals surface area contributed by atoms with Crippen LogP contribution in [0.3, 0.4) is 0 Å². The topological polar surface area (TPSA) is 97.1 Å². The number of carbonyl (C=O) groups is 2. The summed E-state index contributed by atoms with van der Waals surface area (Å²) < 4.78 is 1.60. The summed E-state index contributed by atoms with van der Waals surface area (Å²) in [6.45, 7) is 8.71. The molecular weight excluding hydrogens is 272 g/mol. The van der Waals surface area contributed by atoms with Gasteiger partial charge < -0.3 is 10.4 Å². The van der Waals surface area contributed by atoms with Crippen LogP contribution >= 0.6 is 0 Å². The van der Waals surface area contributed by atoms with Crippen LogP contribution in [0, 0.1) is 11.8 Å². The van der Waals surface area contributed by atoms with Crippen LogP contribution in [0.15, 0.2) is 6.20 Å². The monoisotopic (exact) mass is 296 g/mol. The first kappa shape index (κ1) is 17.1. The second kappa shape index (κ2) is 7.75. The molecule has 0 radical (unpaired) electrons. The molecule has 0 fully saturated rings. The van der Waals surface area contributed by atoms with Crippen LogP contribution in [0.5, 0.6) is 0 Å². The Morgan fingerprint density at radius 3 is 2.48 bits per heavy atom. The lowest BCUT2D eigenvalue weighted by molar-refractivity contribution is -0.139. The average Bonchev–Trinajstić information content (AvgIpc) is 2.83. The van der Waals surface area contributed by atoms with Crippen molar-refractivity contribution in [2.24, 2.45) is 11.8 Å². The Bertz CT molecular complexity index is 482. The molecule has 0 bridgehead atoms. The lowest BCUT2D eigenvalue weighted by Crippen LogP contribution is -2.41. The van der Waals surface area contributed by atoms with Crippen LogP contribution in [0.25, 0.3) is 0 Å². The molecule has 1 aromatic heterocycles. The van der Waals surface area contributed by atoms with Gasteiger partial charge in [-0.25, -0.2) is 4.79 Å². The fourth-order valence-corrected chi connectivity index (χ4v) is 1.83. The lowest BCUT2D eigenvalue weighted by Gasteiger charge is -2.15. The van der Waals surface area contributed by atoms with Gasteiger partial charge in [0.2, 0.25) is 0 Å². The third-order valence-electron chi connectivity index (χ3n) is 3.02. The smallest absolute Gasteiger partial charge is 0.326 e. The minimum atomic E-state index is -1.04. The molecule has 2 N–H and O–H groups in total. The minimum absolute atomic E-state index is 0.147. The van der Waals surface area contributed by atoms with E-state index in [1.807, 2.05) is 13.8 Å². The minimum Gasteiger partial charge on any atom is -0.480 e. The number of aliphatic carboxylic acids is 1. The van der Waals surface area contributed by atoms with Gasteiger partial charge in [-0.1, -0.05) is 32.9 Å². The van der Waals surface area contributed by atoms with Crippen molar-refractivity contribution in [2.75, 3.05) is 0 Å². The highest BCUT2D eigenvalue weighted by Crippen LogP contribution is 2.07. The Morgan fingerprint density at radius 2 is 1.95 bits per heavy atom. The molecule has 1 amide bonds. The maximum atomic E-state index is 12.0. The average molecular weight is 296 g/mol. The van der Waals surface area contributed by atoms with Crippen LogP contribution in [0.2, 0.25) is 0 Å². The number of aryl methyl sites for hydroxylation is 1. The molecule has 0 saturated carbocycles. The van der Waals surface area contributed by atoms with E-state index < -0.39 is 17.9 Å². The SMILES string of the molecule is CC(C)CCn1cc(C(=O)N[C@@H](CC(C)C)C(=O)O)nn1. The van der Waals surface area contributed by atoms with Gasteiger partial charge in [0.1, 0.15) is 6.04 Å².